The van der Waals surface area contributed by atoms with E-state index in [1.165, 1.54) is 0 Å². The second-order valence-electron chi connectivity index (χ2n) is 5.50. The lowest BCUT2D eigenvalue weighted by molar-refractivity contribution is 0.0928. The highest BCUT2D eigenvalue weighted by Crippen LogP contribution is 2.30. The van der Waals surface area contributed by atoms with E-state index < -0.39 is 0 Å². The molecule has 4 nitrogen and oxygen atoms in total. The molecular weight excluding hydrogens is 330 g/mol. The topological polar surface area (TPSA) is 46.9 Å². The van der Waals surface area contributed by atoms with Crippen LogP contribution in [0.4, 0.5) is 0 Å². The first-order valence-electron chi connectivity index (χ1n) is 7.20. The fraction of sp³-hybridized carbons (Fsp3) is 0.375. The standard InChI is InChI=1S/C16H18BrN3O/c1-11-12(4-2-5-13(11)17)16(21)19-14-6-3-7-15(14)20-9-8-18-10-20/h2,4-5,8-10,14-15H,3,6-7H2,1H3,(H,19,21). The molecule has 1 heterocycles. The van der Waals surface area contributed by atoms with E-state index in [1.807, 2.05) is 37.6 Å². The number of benzene rings is 1. The van der Waals surface area contributed by atoms with Crippen LogP contribution in [0.15, 0.2) is 41.4 Å². The van der Waals surface area contributed by atoms with Crippen LogP contribution in [0.5, 0.6) is 0 Å². The van der Waals surface area contributed by atoms with Gasteiger partial charge in [-0.3, -0.25) is 4.79 Å². The normalized spacial score (nSPS) is 21.4. The first kappa shape index (κ1) is 14.3. The lowest BCUT2D eigenvalue weighted by atomic mass is 10.1. The highest BCUT2D eigenvalue weighted by atomic mass is 79.9. The van der Waals surface area contributed by atoms with Gasteiger partial charge in [-0.1, -0.05) is 22.0 Å². The van der Waals surface area contributed by atoms with Crippen LogP contribution in [0.3, 0.4) is 0 Å². The van der Waals surface area contributed by atoms with E-state index in [1.54, 1.807) is 6.20 Å². The fourth-order valence-corrected chi connectivity index (χ4v) is 3.40. The van der Waals surface area contributed by atoms with Crippen molar-refractivity contribution < 1.29 is 4.79 Å². The van der Waals surface area contributed by atoms with Crippen molar-refractivity contribution in [1.82, 2.24) is 14.9 Å². The van der Waals surface area contributed by atoms with Crippen molar-refractivity contribution in [2.24, 2.45) is 0 Å². The summed E-state index contributed by atoms with van der Waals surface area (Å²) in [5.74, 6) is 0.00538. The van der Waals surface area contributed by atoms with E-state index in [2.05, 4.69) is 30.8 Å². The Kier molecular flexibility index (Phi) is 4.10. The van der Waals surface area contributed by atoms with Crippen molar-refractivity contribution in [3.05, 3.63) is 52.5 Å². The number of carbonyl (C=O) groups is 1. The molecule has 1 saturated carbocycles. The number of carbonyl (C=O) groups excluding carboxylic acids is 1. The van der Waals surface area contributed by atoms with Gasteiger partial charge in [-0.05, 0) is 43.9 Å². The van der Waals surface area contributed by atoms with Gasteiger partial charge in [0.1, 0.15) is 0 Å². The molecule has 2 atom stereocenters. The minimum absolute atomic E-state index is 0.00538. The third-order valence-electron chi connectivity index (χ3n) is 4.22. The Morgan fingerprint density at radius 2 is 2.29 bits per heavy atom. The minimum Gasteiger partial charge on any atom is -0.347 e. The van der Waals surface area contributed by atoms with Gasteiger partial charge in [-0.2, -0.15) is 0 Å². The third-order valence-corrected chi connectivity index (χ3v) is 5.08. The zero-order valence-corrected chi connectivity index (χ0v) is 13.5. The van der Waals surface area contributed by atoms with Crippen molar-refractivity contribution >= 4 is 21.8 Å². The predicted octanol–water partition coefficient (Wildman–Crippen LogP) is 3.48. The second kappa shape index (κ2) is 6.02. The zero-order valence-electron chi connectivity index (χ0n) is 11.9. The predicted molar refractivity (Wildman–Crippen MR) is 85.2 cm³/mol. The molecule has 2 unspecified atom stereocenters. The SMILES string of the molecule is Cc1c(Br)cccc1C(=O)NC1CCCC1n1ccnc1. The molecule has 5 heteroatoms. The number of nitrogens with zero attached hydrogens (tertiary/aromatic N) is 2. The van der Waals surface area contributed by atoms with E-state index >= 15 is 0 Å². The number of amides is 1. The summed E-state index contributed by atoms with van der Waals surface area (Å²) in [5.41, 5.74) is 1.72. The molecule has 0 radical (unpaired) electrons. The molecular formula is C16H18BrN3O. The maximum Gasteiger partial charge on any atom is 0.251 e. The van der Waals surface area contributed by atoms with Gasteiger partial charge in [-0.15, -0.1) is 0 Å². The highest BCUT2D eigenvalue weighted by molar-refractivity contribution is 9.10. The molecule has 0 spiro atoms. The van der Waals surface area contributed by atoms with Gasteiger partial charge < -0.3 is 9.88 Å². The summed E-state index contributed by atoms with van der Waals surface area (Å²) in [6.07, 6.45) is 8.82. The van der Waals surface area contributed by atoms with Gasteiger partial charge in [-0.25, -0.2) is 4.98 Å². The van der Waals surface area contributed by atoms with Crippen molar-refractivity contribution in [3.8, 4) is 0 Å². The third kappa shape index (κ3) is 2.88. The summed E-state index contributed by atoms with van der Waals surface area (Å²) in [4.78, 5) is 16.6. The van der Waals surface area contributed by atoms with Crippen LogP contribution in [0.2, 0.25) is 0 Å². The first-order valence-corrected chi connectivity index (χ1v) is 7.99. The van der Waals surface area contributed by atoms with E-state index in [0.29, 0.717) is 6.04 Å². The van der Waals surface area contributed by atoms with Gasteiger partial charge in [0.05, 0.1) is 12.4 Å². The van der Waals surface area contributed by atoms with Gasteiger partial charge in [0.2, 0.25) is 0 Å². The maximum absolute atomic E-state index is 12.5. The van der Waals surface area contributed by atoms with Gasteiger partial charge in [0.15, 0.2) is 0 Å². The smallest absolute Gasteiger partial charge is 0.251 e. The molecule has 3 rings (SSSR count). The number of aromatic nitrogens is 2. The number of nitrogens with one attached hydrogen (secondary N) is 1. The monoisotopic (exact) mass is 347 g/mol. The number of hydrogen-bond acceptors (Lipinski definition) is 2. The summed E-state index contributed by atoms with van der Waals surface area (Å²) >= 11 is 3.48. The van der Waals surface area contributed by atoms with Crippen molar-refractivity contribution in [2.45, 2.75) is 38.3 Å². The summed E-state index contributed by atoms with van der Waals surface area (Å²) in [5, 5.41) is 3.19. The number of halogens is 1. The Labute approximate surface area is 132 Å². The Bertz CT molecular complexity index is 639. The first-order chi connectivity index (χ1) is 10.2. The average Bonchev–Trinajstić information content (AvgIpc) is 3.12. The van der Waals surface area contributed by atoms with Gasteiger partial charge >= 0.3 is 0 Å². The average molecular weight is 348 g/mol. The van der Waals surface area contributed by atoms with Crippen LogP contribution < -0.4 is 5.32 Å². The maximum atomic E-state index is 12.5. The fourth-order valence-electron chi connectivity index (χ4n) is 3.03. The van der Waals surface area contributed by atoms with Crippen LogP contribution in [0.25, 0.3) is 0 Å². The van der Waals surface area contributed by atoms with Crippen molar-refractivity contribution in [2.75, 3.05) is 0 Å². The van der Waals surface area contributed by atoms with Gasteiger partial charge in [0.25, 0.3) is 5.91 Å². The van der Waals surface area contributed by atoms with Gasteiger partial charge in [0, 0.05) is 28.5 Å². The molecule has 1 aliphatic carbocycles. The Hall–Kier alpha value is -1.62. The van der Waals surface area contributed by atoms with Crippen LogP contribution in [0, 0.1) is 6.92 Å². The van der Waals surface area contributed by atoms with Crippen LogP contribution in [-0.2, 0) is 0 Å². The van der Waals surface area contributed by atoms with Crippen LogP contribution in [-0.4, -0.2) is 21.5 Å². The summed E-state index contributed by atoms with van der Waals surface area (Å²) in [6.45, 7) is 1.96. The molecule has 0 bridgehead atoms. The lowest BCUT2D eigenvalue weighted by Gasteiger charge is -2.22. The molecule has 1 aromatic heterocycles. The van der Waals surface area contributed by atoms with E-state index in [9.17, 15) is 4.79 Å². The summed E-state index contributed by atoms with van der Waals surface area (Å²) in [6, 6.07) is 6.20. The Morgan fingerprint density at radius 1 is 1.43 bits per heavy atom. The van der Waals surface area contributed by atoms with Crippen molar-refractivity contribution in [3.63, 3.8) is 0 Å². The Balaban J connectivity index is 1.76. The second-order valence-corrected chi connectivity index (χ2v) is 6.35. The molecule has 2 aromatic rings. The zero-order chi connectivity index (χ0) is 14.8. The number of rotatable bonds is 3. The molecule has 1 amide bonds. The molecule has 110 valence electrons. The molecule has 1 aliphatic rings. The van der Waals surface area contributed by atoms with Crippen LogP contribution in [0.1, 0.15) is 41.2 Å². The number of hydrogen-bond donors (Lipinski definition) is 1. The van der Waals surface area contributed by atoms with E-state index in [0.717, 1.165) is 34.9 Å². The number of imidazole rings is 1. The minimum atomic E-state index is 0.00538. The molecule has 1 N–H and O–H groups in total. The van der Waals surface area contributed by atoms with Crippen LogP contribution >= 0.6 is 15.9 Å². The molecule has 1 aromatic carbocycles. The quantitative estimate of drug-likeness (QED) is 0.923. The largest absolute Gasteiger partial charge is 0.347 e. The van der Waals surface area contributed by atoms with E-state index in [4.69, 9.17) is 0 Å². The highest BCUT2D eigenvalue weighted by Gasteiger charge is 2.30. The molecule has 1 fully saturated rings. The van der Waals surface area contributed by atoms with E-state index in [-0.39, 0.29) is 11.9 Å². The molecule has 0 aliphatic heterocycles. The molecule has 21 heavy (non-hydrogen) atoms. The lowest BCUT2D eigenvalue weighted by Crippen LogP contribution is -2.38. The summed E-state index contributed by atoms with van der Waals surface area (Å²) in [7, 11) is 0. The van der Waals surface area contributed by atoms with Crippen molar-refractivity contribution in [1.29, 1.82) is 0 Å². The Morgan fingerprint density at radius 3 is 3.05 bits per heavy atom. The summed E-state index contributed by atoms with van der Waals surface area (Å²) < 4.78 is 3.07. The molecule has 0 saturated heterocycles.